The Morgan fingerprint density at radius 2 is 1.82 bits per heavy atom. The summed E-state index contributed by atoms with van der Waals surface area (Å²) in [4.78, 5) is 30.9. The van der Waals surface area contributed by atoms with Crippen molar-refractivity contribution in [1.82, 2.24) is 14.2 Å². The third-order valence-electron chi connectivity index (χ3n) is 7.22. The number of aromatic amines is 1. The minimum Gasteiger partial charge on any atom is -0.497 e. The first-order valence-electron chi connectivity index (χ1n) is 11.6. The number of rotatable bonds is 4. The topological polar surface area (TPSA) is 99.8 Å². The lowest BCUT2D eigenvalue weighted by Gasteiger charge is -2.32. The number of nitrogens with zero attached hydrogens (tertiary/aromatic N) is 2. The Morgan fingerprint density at radius 1 is 1.06 bits per heavy atom. The molecule has 9 heteroatoms. The summed E-state index contributed by atoms with van der Waals surface area (Å²) in [6, 6.07) is 10.2. The molecule has 34 heavy (non-hydrogen) atoms. The predicted octanol–water partition coefficient (Wildman–Crippen LogP) is 3.50. The van der Waals surface area contributed by atoms with E-state index in [1.54, 1.807) is 18.1 Å². The molecule has 0 radical (unpaired) electrons. The Hall–Kier alpha value is -3.33. The van der Waals surface area contributed by atoms with E-state index >= 15 is 0 Å². The van der Waals surface area contributed by atoms with Gasteiger partial charge in [0.25, 0.3) is 21.8 Å². The van der Waals surface area contributed by atoms with Crippen molar-refractivity contribution in [3.63, 3.8) is 0 Å². The number of carbonyl (C=O) groups excluding carboxylic acids is 2. The molecule has 2 aliphatic heterocycles. The first-order valence-corrected chi connectivity index (χ1v) is 13.0. The zero-order valence-corrected chi connectivity index (χ0v) is 19.6. The number of piperidine rings is 1. The number of hydrogen-bond donors (Lipinski definition) is 1. The van der Waals surface area contributed by atoms with Gasteiger partial charge in [0.2, 0.25) is 0 Å². The van der Waals surface area contributed by atoms with E-state index < -0.39 is 15.9 Å². The third-order valence-corrected chi connectivity index (χ3v) is 9.09. The summed E-state index contributed by atoms with van der Waals surface area (Å²) in [5, 5.41) is 1.14. The normalized spacial score (nSPS) is 20.1. The van der Waals surface area contributed by atoms with E-state index in [9.17, 15) is 18.0 Å². The summed E-state index contributed by atoms with van der Waals surface area (Å²) in [6.45, 7) is 1.16. The summed E-state index contributed by atoms with van der Waals surface area (Å²) in [7, 11) is -2.23. The maximum absolute atomic E-state index is 13.2. The number of sulfonamides is 1. The van der Waals surface area contributed by atoms with Gasteiger partial charge in [-0.25, -0.2) is 12.7 Å². The number of H-pyrrole nitrogens is 1. The number of ether oxygens (including phenoxy) is 1. The fourth-order valence-electron chi connectivity index (χ4n) is 5.21. The van der Waals surface area contributed by atoms with Gasteiger partial charge in [0, 0.05) is 41.8 Å². The highest BCUT2D eigenvalue weighted by Crippen LogP contribution is 2.40. The summed E-state index contributed by atoms with van der Waals surface area (Å²) in [5.74, 6) is 0.448. The molecule has 2 fully saturated rings. The molecule has 3 heterocycles. The monoisotopic (exact) mass is 479 g/mol. The lowest BCUT2D eigenvalue weighted by atomic mass is 9.89. The highest BCUT2D eigenvalue weighted by molar-refractivity contribution is 7.90. The van der Waals surface area contributed by atoms with E-state index in [4.69, 9.17) is 4.74 Å². The van der Waals surface area contributed by atoms with Crippen molar-refractivity contribution in [3.05, 3.63) is 59.3 Å². The average Bonchev–Trinajstić information content (AvgIpc) is 3.55. The molecule has 1 N–H and O–H groups in total. The molecule has 0 spiro atoms. The summed E-state index contributed by atoms with van der Waals surface area (Å²) >= 11 is 0. The smallest absolute Gasteiger partial charge is 0.269 e. The van der Waals surface area contributed by atoms with E-state index in [1.807, 2.05) is 24.4 Å². The van der Waals surface area contributed by atoms with Gasteiger partial charge in [-0.3, -0.25) is 9.59 Å². The summed E-state index contributed by atoms with van der Waals surface area (Å²) in [5.41, 5.74) is 2.76. The SMILES string of the molecule is COc1ccc2[nH]cc(C3CCN(C(=O)c4ccc5c(c4)S(=O)(=O)N(C4CC4)C5=O)CC3)c2c1. The molecule has 0 atom stereocenters. The van der Waals surface area contributed by atoms with Gasteiger partial charge < -0.3 is 14.6 Å². The Balaban J connectivity index is 1.20. The van der Waals surface area contributed by atoms with Gasteiger partial charge in [-0.15, -0.1) is 0 Å². The number of aromatic nitrogens is 1. The molecule has 1 saturated heterocycles. The zero-order valence-electron chi connectivity index (χ0n) is 18.8. The van der Waals surface area contributed by atoms with Crippen LogP contribution < -0.4 is 4.74 Å². The van der Waals surface area contributed by atoms with Crippen molar-refractivity contribution in [3.8, 4) is 5.75 Å². The number of nitrogens with one attached hydrogen (secondary N) is 1. The summed E-state index contributed by atoms with van der Waals surface area (Å²) in [6.07, 6.45) is 5.06. The van der Waals surface area contributed by atoms with Crippen LogP contribution >= 0.6 is 0 Å². The van der Waals surface area contributed by atoms with E-state index in [-0.39, 0.29) is 22.4 Å². The largest absolute Gasteiger partial charge is 0.497 e. The van der Waals surface area contributed by atoms with Crippen molar-refractivity contribution in [2.45, 2.75) is 42.5 Å². The van der Waals surface area contributed by atoms with E-state index in [0.29, 0.717) is 37.4 Å². The van der Waals surface area contributed by atoms with Gasteiger partial charge in [-0.05, 0) is 73.6 Å². The van der Waals surface area contributed by atoms with Crippen LogP contribution in [0.2, 0.25) is 0 Å². The molecule has 176 valence electrons. The van der Waals surface area contributed by atoms with E-state index in [2.05, 4.69) is 4.98 Å². The lowest BCUT2D eigenvalue weighted by molar-refractivity contribution is 0.0712. The molecule has 2 aromatic carbocycles. The number of fused-ring (bicyclic) bond motifs is 2. The maximum Gasteiger partial charge on any atom is 0.269 e. The first kappa shape index (κ1) is 21.2. The van der Waals surface area contributed by atoms with Crippen molar-refractivity contribution >= 4 is 32.7 Å². The molecule has 1 saturated carbocycles. The van der Waals surface area contributed by atoms with Gasteiger partial charge in [0.1, 0.15) is 10.6 Å². The molecule has 3 aromatic rings. The van der Waals surface area contributed by atoms with E-state index in [1.165, 1.54) is 17.7 Å². The highest BCUT2D eigenvalue weighted by Gasteiger charge is 2.49. The molecule has 0 unspecified atom stereocenters. The molecule has 0 bridgehead atoms. The van der Waals surface area contributed by atoms with Crippen molar-refractivity contribution in [1.29, 1.82) is 0 Å². The standard InChI is InChI=1S/C25H25N3O5S/c1-33-18-5-7-22-20(13-18)21(14-26-22)15-8-10-27(11-9-15)24(29)16-2-6-19-23(12-16)34(31,32)28(25(19)30)17-3-4-17/h2,5-7,12-15,17,26H,3-4,8-11H2,1H3. The van der Waals surface area contributed by atoms with Crippen LogP contribution in [0.25, 0.3) is 10.9 Å². The summed E-state index contributed by atoms with van der Waals surface area (Å²) < 4.78 is 32.2. The lowest BCUT2D eigenvalue weighted by Crippen LogP contribution is -2.38. The van der Waals surface area contributed by atoms with Crippen molar-refractivity contribution in [2.24, 2.45) is 0 Å². The van der Waals surface area contributed by atoms with Crippen LogP contribution in [0.1, 0.15) is 57.9 Å². The number of likely N-dealkylation sites (tertiary alicyclic amines) is 1. The second-order valence-corrected chi connectivity index (χ2v) is 11.1. The van der Waals surface area contributed by atoms with Crippen LogP contribution in [0, 0.1) is 0 Å². The number of methoxy groups -OCH3 is 1. The highest BCUT2D eigenvalue weighted by atomic mass is 32.2. The van der Waals surface area contributed by atoms with Crippen LogP contribution in [0.15, 0.2) is 47.5 Å². The van der Waals surface area contributed by atoms with E-state index in [0.717, 1.165) is 33.8 Å². The molecule has 1 aliphatic carbocycles. The Labute approximate surface area is 197 Å². The molecule has 6 rings (SSSR count). The quantitative estimate of drug-likeness (QED) is 0.617. The molecule has 8 nitrogen and oxygen atoms in total. The minimum atomic E-state index is -3.88. The van der Waals surface area contributed by atoms with Crippen molar-refractivity contribution < 1.29 is 22.7 Å². The molecule has 2 amide bonds. The number of benzene rings is 2. The fourth-order valence-corrected chi connectivity index (χ4v) is 7.05. The third kappa shape index (κ3) is 3.21. The van der Waals surface area contributed by atoms with Crippen LogP contribution in [-0.4, -0.2) is 60.7 Å². The Bertz CT molecular complexity index is 1430. The predicted molar refractivity (Wildman–Crippen MR) is 126 cm³/mol. The number of amides is 2. The Morgan fingerprint density at radius 3 is 2.53 bits per heavy atom. The zero-order chi connectivity index (χ0) is 23.6. The molecular weight excluding hydrogens is 454 g/mol. The first-order chi connectivity index (χ1) is 16.4. The molecule has 3 aliphatic rings. The van der Waals surface area contributed by atoms with Gasteiger partial charge in [-0.2, -0.15) is 0 Å². The average molecular weight is 480 g/mol. The Kier molecular flexibility index (Phi) is 4.74. The van der Waals surface area contributed by atoms with Crippen LogP contribution in [0.5, 0.6) is 5.75 Å². The van der Waals surface area contributed by atoms with Gasteiger partial charge in [0.05, 0.1) is 12.7 Å². The molecular formula is C25H25N3O5S. The van der Waals surface area contributed by atoms with Crippen LogP contribution in [0.3, 0.4) is 0 Å². The fraction of sp³-hybridized carbons (Fsp3) is 0.360. The van der Waals surface area contributed by atoms with Crippen LogP contribution in [-0.2, 0) is 10.0 Å². The number of hydrogen-bond acceptors (Lipinski definition) is 5. The van der Waals surface area contributed by atoms with Gasteiger partial charge in [0.15, 0.2) is 0 Å². The maximum atomic E-state index is 13.2. The number of carbonyl (C=O) groups is 2. The van der Waals surface area contributed by atoms with Crippen LogP contribution in [0.4, 0.5) is 0 Å². The second kappa shape index (κ2) is 7.59. The van der Waals surface area contributed by atoms with Gasteiger partial charge >= 0.3 is 0 Å². The van der Waals surface area contributed by atoms with Gasteiger partial charge in [-0.1, -0.05) is 0 Å². The minimum absolute atomic E-state index is 0.0436. The van der Waals surface area contributed by atoms with Crippen molar-refractivity contribution in [2.75, 3.05) is 20.2 Å². The second-order valence-electron chi connectivity index (χ2n) is 9.27. The molecule has 1 aromatic heterocycles.